The van der Waals surface area contributed by atoms with Crippen LogP contribution in [0.3, 0.4) is 0 Å². The van der Waals surface area contributed by atoms with Gasteiger partial charge in [0.15, 0.2) is 5.82 Å². The second-order valence-corrected chi connectivity index (χ2v) is 11.3. The third-order valence-electron chi connectivity index (χ3n) is 8.41. The van der Waals surface area contributed by atoms with Crippen LogP contribution in [-0.4, -0.2) is 73.3 Å². The Balaban J connectivity index is 1.44. The molecule has 1 aromatic heterocycles. The van der Waals surface area contributed by atoms with E-state index in [2.05, 4.69) is 34.1 Å². The Morgan fingerprint density at radius 2 is 1.84 bits per heavy atom. The molecule has 2 saturated heterocycles. The number of likely N-dealkylation sites (N-methyl/N-ethyl adjacent to an activating group) is 1. The number of aromatic nitrogens is 2. The molecule has 7 rings (SSSR count). The Morgan fingerprint density at radius 3 is 2.62 bits per heavy atom. The number of rotatable bonds is 4. The molecule has 4 aromatic rings. The Labute approximate surface area is 221 Å². The molecule has 2 aliphatic heterocycles. The van der Waals surface area contributed by atoms with Gasteiger partial charge in [-0.05, 0) is 49.3 Å². The van der Waals surface area contributed by atoms with Crippen LogP contribution in [0.5, 0.6) is 0 Å². The first-order valence-corrected chi connectivity index (χ1v) is 13.4. The van der Waals surface area contributed by atoms with Crippen LogP contribution in [-0.2, 0) is 0 Å². The Bertz CT molecular complexity index is 1520. The van der Waals surface area contributed by atoms with Crippen molar-refractivity contribution >= 4 is 45.0 Å². The average molecular weight is 517 g/mol. The predicted octanol–water partition coefficient (Wildman–Crippen LogP) is 4.93. The molecule has 190 valence electrons. The lowest BCUT2D eigenvalue weighted by molar-refractivity contribution is 0.245. The predicted molar refractivity (Wildman–Crippen MR) is 149 cm³/mol. The minimum atomic E-state index is -0.381. The zero-order chi connectivity index (χ0) is 25.3. The van der Waals surface area contributed by atoms with Crippen LogP contribution in [0.25, 0.3) is 32.8 Å². The van der Waals surface area contributed by atoms with E-state index in [1.54, 1.807) is 0 Å². The summed E-state index contributed by atoms with van der Waals surface area (Å²) in [6.45, 7) is 4.28. The summed E-state index contributed by atoms with van der Waals surface area (Å²) in [4.78, 5) is 16.7. The van der Waals surface area contributed by atoms with Gasteiger partial charge in [0.1, 0.15) is 11.3 Å². The van der Waals surface area contributed by atoms with Gasteiger partial charge in [0, 0.05) is 49.7 Å². The van der Waals surface area contributed by atoms with E-state index in [-0.39, 0.29) is 11.4 Å². The largest absolute Gasteiger partial charge is 0.348 e. The highest BCUT2D eigenvalue weighted by molar-refractivity contribution is 6.35. The molecule has 0 radical (unpaired) electrons. The van der Waals surface area contributed by atoms with Gasteiger partial charge in [-0.15, -0.1) is 0 Å². The molecule has 0 atom stereocenters. The summed E-state index contributed by atoms with van der Waals surface area (Å²) in [6.07, 6.45) is 2.22. The Morgan fingerprint density at radius 1 is 1.05 bits per heavy atom. The molecule has 3 aromatic carbocycles. The van der Waals surface area contributed by atoms with Crippen molar-refractivity contribution in [1.29, 1.82) is 0 Å². The Hall–Kier alpha value is -3.00. The highest BCUT2D eigenvalue weighted by Crippen LogP contribution is 2.48. The number of piperazine rings is 1. The molecule has 1 spiro atoms. The van der Waals surface area contributed by atoms with Gasteiger partial charge >= 0.3 is 0 Å². The molecule has 6 nitrogen and oxygen atoms in total. The van der Waals surface area contributed by atoms with Crippen LogP contribution in [0, 0.1) is 5.82 Å². The number of halogens is 2. The van der Waals surface area contributed by atoms with Gasteiger partial charge in [0.25, 0.3) is 0 Å². The highest BCUT2D eigenvalue weighted by Gasteiger charge is 2.50. The number of nitrogens with one attached hydrogen (secondary N) is 1. The maximum Gasteiger partial charge on any atom is 0.228 e. The van der Waals surface area contributed by atoms with E-state index < -0.39 is 0 Å². The Kier molecular flexibility index (Phi) is 5.32. The quantitative estimate of drug-likeness (QED) is 0.415. The van der Waals surface area contributed by atoms with Crippen LogP contribution < -0.4 is 15.1 Å². The van der Waals surface area contributed by atoms with Gasteiger partial charge in [-0.3, -0.25) is 0 Å². The zero-order valence-electron chi connectivity index (χ0n) is 21.1. The number of benzene rings is 3. The average Bonchev–Trinajstić information content (AvgIpc) is 3.63. The van der Waals surface area contributed by atoms with Gasteiger partial charge in [0.05, 0.1) is 10.6 Å². The molecule has 1 N–H and O–H groups in total. The third-order valence-corrected chi connectivity index (χ3v) is 8.71. The lowest BCUT2D eigenvalue weighted by atomic mass is 9.96. The fourth-order valence-electron chi connectivity index (χ4n) is 5.92. The molecular weight excluding hydrogens is 487 g/mol. The molecule has 0 unspecified atom stereocenters. The topological polar surface area (TPSA) is 47.5 Å². The standard InChI is InChI=1S/C29H30ClFN6/c1-35(2)19-15-36(16-19)28-33-26-22(27(34-28)37-13-12-32-17-29(37)10-11-29)14-23(30)24(25(26)31)21-9-5-7-18-6-3-4-8-20(18)21/h3-9,14,19,32H,10-13,15-17H2,1-2H3. The van der Waals surface area contributed by atoms with Crippen LogP contribution in [0.4, 0.5) is 16.2 Å². The van der Waals surface area contributed by atoms with Crippen molar-refractivity contribution in [1.82, 2.24) is 20.2 Å². The maximum absolute atomic E-state index is 16.6. The zero-order valence-corrected chi connectivity index (χ0v) is 21.9. The second-order valence-electron chi connectivity index (χ2n) is 10.9. The van der Waals surface area contributed by atoms with E-state index in [0.29, 0.717) is 33.5 Å². The van der Waals surface area contributed by atoms with Gasteiger partial charge in [-0.25, -0.2) is 9.37 Å². The van der Waals surface area contributed by atoms with Crippen LogP contribution in [0.2, 0.25) is 5.02 Å². The molecule has 0 amide bonds. The highest BCUT2D eigenvalue weighted by atomic mass is 35.5. The van der Waals surface area contributed by atoms with E-state index in [1.165, 1.54) is 0 Å². The smallest absolute Gasteiger partial charge is 0.228 e. The number of fused-ring (bicyclic) bond motifs is 2. The van der Waals surface area contributed by atoms with Crippen molar-refractivity contribution in [2.45, 2.75) is 24.4 Å². The SMILES string of the molecule is CN(C)C1CN(c2nc(N3CCNCC34CC4)c3cc(Cl)c(-c4cccc5ccccc45)c(F)c3n2)C1. The summed E-state index contributed by atoms with van der Waals surface area (Å²) in [7, 11) is 4.18. The molecular formula is C29H30ClFN6. The number of anilines is 2. The summed E-state index contributed by atoms with van der Waals surface area (Å²) in [6, 6.07) is 16.3. The van der Waals surface area contributed by atoms with E-state index in [0.717, 1.165) is 67.7 Å². The first-order valence-electron chi connectivity index (χ1n) is 13.0. The minimum Gasteiger partial charge on any atom is -0.348 e. The molecule has 3 heterocycles. The second kappa shape index (κ2) is 8.51. The summed E-state index contributed by atoms with van der Waals surface area (Å²) in [5, 5.41) is 6.62. The van der Waals surface area contributed by atoms with E-state index in [9.17, 15) is 0 Å². The number of nitrogens with zero attached hydrogens (tertiary/aromatic N) is 5. The van der Waals surface area contributed by atoms with Crippen molar-refractivity contribution in [2.75, 3.05) is 56.6 Å². The fraction of sp³-hybridized carbons (Fsp3) is 0.379. The van der Waals surface area contributed by atoms with Crippen molar-refractivity contribution in [3.8, 4) is 11.1 Å². The minimum absolute atomic E-state index is 0.0508. The van der Waals surface area contributed by atoms with Crippen LogP contribution in [0.15, 0.2) is 48.5 Å². The van der Waals surface area contributed by atoms with E-state index >= 15 is 4.39 Å². The maximum atomic E-state index is 16.6. The summed E-state index contributed by atoms with van der Waals surface area (Å²) < 4.78 is 16.6. The van der Waals surface area contributed by atoms with E-state index in [4.69, 9.17) is 21.6 Å². The van der Waals surface area contributed by atoms with Gasteiger partial charge in [-0.2, -0.15) is 4.98 Å². The molecule has 3 fully saturated rings. The van der Waals surface area contributed by atoms with Gasteiger partial charge < -0.3 is 20.0 Å². The normalized spacial score (nSPS) is 19.3. The monoisotopic (exact) mass is 516 g/mol. The first kappa shape index (κ1) is 23.1. The molecule has 3 aliphatic rings. The number of hydrogen-bond donors (Lipinski definition) is 1. The lowest BCUT2D eigenvalue weighted by Gasteiger charge is -2.43. The fourth-order valence-corrected chi connectivity index (χ4v) is 6.21. The molecule has 1 saturated carbocycles. The van der Waals surface area contributed by atoms with Crippen LogP contribution >= 0.6 is 11.6 Å². The molecule has 0 bridgehead atoms. The summed E-state index contributed by atoms with van der Waals surface area (Å²) in [5.74, 6) is 1.02. The van der Waals surface area contributed by atoms with Gasteiger partial charge in [0.2, 0.25) is 5.95 Å². The third kappa shape index (κ3) is 3.67. The number of hydrogen-bond acceptors (Lipinski definition) is 6. The molecule has 8 heteroatoms. The van der Waals surface area contributed by atoms with Gasteiger partial charge in [-0.1, -0.05) is 54.1 Å². The summed E-state index contributed by atoms with van der Waals surface area (Å²) in [5.41, 5.74) is 1.57. The molecule has 37 heavy (non-hydrogen) atoms. The molecule has 1 aliphatic carbocycles. The van der Waals surface area contributed by atoms with E-state index in [1.807, 2.05) is 48.5 Å². The van der Waals surface area contributed by atoms with Crippen LogP contribution in [0.1, 0.15) is 12.8 Å². The van der Waals surface area contributed by atoms with Crippen molar-refractivity contribution in [2.24, 2.45) is 0 Å². The summed E-state index contributed by atoms with van der Waals surface area (Å²) >= 11 is 6.89. The lowest BCUT2D eigenvalue weighted by Crippen LogP contribution is -2.58. The first-order chi connectivity index (χ1) is 17.9. The van der Waals surface area contributed by atoms with Crippen molar-refractivity contribution in [3.05, 3.63) is 59.4 Å². The van der Waals surface area contributed by atoms with Crippen molar-refractivity contribution in [3.63, 3.8) is 0 Å². The van der Waals surface area contributed by atoms with Crippen molar-refractivity contribution < 1.29 is 4.39 Å².